The molecule has 166 valence electrons. The summed E-state index contributed by atoms with van der Waals surface area (Å²) in [7, 11) is 0. The van der Waals surface area contributed by atoms with Crippen LogP contribution in [0.5, 0.6) is 0 Å². The number of carboxylic acids is 1. The Bertz CT molecular complexity index is 953. The molecule has 1 amide bonds. The zero-order chi connectivity index (χ0) is 22.7. The number of nitrogens with zero attached hydrogens (tertiary/aromatic N) is 3. The molecule has 0 unspecified atom stereocenters. The fraction of sp³-hybridized carbons (Fsp3) is 0.478. The largest absolute Gasteiger partial charge is 0.477 e. The Morgan fingerprint density at radius 2 is 1.87 bits per heavy atom. The summed E-state index contributed by atoms with van der Waals surface area (Å²) in [5.41, 5.74) is 0.635. The molecule has 0 spiro atoms. The van der Waals surface area contributed by atoms with Crippen molar-refractivity contribution in [3.8, 4) is 5.69 Å². The topological polar surface area (TPSA) is 102 Å². The molecule has 1 fully saturated rings. The minimum absolute atomic E-state index is 0.0564. The molecule has 0 radical (unpaired) electrons. The van der Waals surface area contributed by atoms with Crippen LogP contribution >= 0.6 is 0 Å². The van der Waals surface area contributed by atoms with Crippen LogP contribution in [0.3, 0.4) is 0 Å². The number of rotatable bonds is 6. The minimum Gasteiger partial charge on any atom is -0.477 e. The summed E-state index contributed by atoms with van der Waals surface area (Å²) in [4.78, 5) is 38.7. The smallest absolute Gasteiger partial charge is 0.341 e. The Labute approximate surface area is 181 Å². The van der Waals surface area contributed by atoms with Crippen molar-refractivity contribution in [1.82, 2.24) is 9.78 Å². The maximum absolute atomic E-state index is 13.7. The molecule has 3 atom stereocenters. The van der Waals surface area contributed by atoms with E-state index in [0.717, 1.165) is 6.42 Å². The van der Waals surface area contributed by atoms with Crippen LogP contribution in [-0.2, 0) is 14.3 Å². The van der Waals surface area contributed by atoms with E-state index in [1.807, 2.05) is 44.2 Å². The number of carboxylic acid groups (broad SMARTS) is 1. The third kappa shape index (κ3) is 4.95. The van der Waals surface area contributed by atoms with Crippen LogP contribution in [-0.4, -0.2) is 44.9 Å². The summed E-state index contributed by atoms with van der Waals surface area (Å²) >= 11 is 0. The number of aromatic carboxylic acids is 1. The highest BCUT2D eigenvalue weighted by atomic mass is 16.5. The van der Waals surface area contributed by atoms with Crippen molar-refractivity contribution in [2.24, 2.45) is 11.8 Å². The number of carbonyl (C=O) groups is 3. The van der Waals surface area contributed by atoms with Gasteiger partial charge < -0.3 is 9.84 Å². The van der Waals surface area contributed by atoms with Crippen molar-refractivity contribution in [3.63, 3.8) is 0 Å². The fourth-order valence-electron chi connectivity index (χ4n) is 4.14. The molecular formula is C23H29N3O5. The van der Waals surface area contributed by atoms with E-state index in [9.17, 15) is 19.5 Å². The van der Waals surface area contributed by atoms with Crippen molar-refractivity contribution in [3.05, 3.63) is 42.1 Å². The first kappa shape index (κ1) is 22.5. The second-order valence-corrected chi connectivity index (χ2v) is 8.43. The van der Waals surface area contributed by atoms with E-state index in [1.54, 1.807) is 0 Å². The summed E-state index contributed by atoms with van der Waals surface area (Å²) in [5, 5.41) is 14.3. The van der Waals surface area contributed by atoms with Gasteiger partial charge in [-0.1, -0.05) is 25.1 Å². The number of aromatic nitrogens is 2. The molecule has 31 heavy (non-hydrogen) atoms. The number of benzene rings is 1. The first-order chi connectivity index (χ1) is 14.7. The number of hydrogen-bond acceptors (Lipinski definition) is 5. The van der Waals surface area contributed by atoms with E-state index in [1.165, 1.54) is 22.7 Å². The lowest BCUT2D eigenvalue weighted by molar-refractivity contribution is -0.154. The highest BCUT2D eigenvalue weighted by Crippen LogP contribution is 2.34. The molecule has 1 aromatic heterocycles. The van der Waals surface area contributed by atoms with Gasteiger partial charge >= 0.3 is 11.9 Å². The molecule has 0 aliphatic heterocycles. The van der Waals surface area contributed by atoms with E-state index in [2.05, 4.69) is 12.0 Å². The van der Waals surface area contributed by atoms with Gasteiger partial charge in [-0.05, 0) is 51.2 Å². The predicted octanol–water partition coefficient (Wildman–Crippen LogP) is 3.68. The normalized spacial score (nSPS) is 21.0. The zero-order valence-corrected chi connectivity index (χ0v) is 18.3. The van der Waals surface area contributed by atoms with Crippen LogP contribution in [0, 0.1) is 11.8 Å². The molecule has 8 heteroatoms. The van der Waals surface area contributed by atoms with Crippen molar-refractivity contribution in [1.29, 1.82) is 0 Å². The Morgan fingerprint density at radius 1 is 1.19 bits per heavy atom. The Kier molecular flexibility index (Phi) is 6.77. The van der Waals surface area contributed by atoms with Gasteiger partial charge in [0.15, 0.2) is 5.82 Å². The monoisotopic (exact) mass is 427 g/mol. The molecule has 1 heterocycles. The van der Waals surface area contributed by atoms with Crippen molar-refractivity contribution in [2.45, 2.75) is 59.1 Å². The first-order valence-corrected chi connectivity index (χ1v) is 10.6. The zero-order valence-electron chi connectivity index (χ0n) is 18.3. The average Bonchev–Trinajstić information content (AvgIpc) is 3.13. The lowest BCUT2D eigenvalue weighted by Crippen LogP contribution is -2.48. The molecule has 0 bridgehead atoms. The number of carbonyl (C=O) groups excluding carboxylic acids is 2. The molecule has 0 saturated heterocycles. The molecule has 3 rings (SSSR count). The van der Waals surface area contributed by atoms with Gasteiger partial charge in [0.2, 0.25) is 5.91 Å². The quantitative estimate of drug-likeness (QED) is 0.706. The second-order valence-electron chi connectivity index (χ2n) is 8.43. The molecule has 1 aliphatic rings. The summed E-state index contributed by atoms with van der Waals surface area (Å²) in [6.07, 6.45) is 2.90. The average molecular weight is 428 g/mol. The lowest BCUT2D eigenvalue weighted by atomic mass is 9.79. The highest BCUT2D eigenvalue weighted by molar-refractivity contribution is 6.02. The SMILES string of the molecule is CC(=O)O[C@@H]1C[C@@H](C)CC[C@@H]1C(=O)N(c1nn(-c2ccccc2)cc1C(=O)O)C(C)C. The maximum Gasteiger partial charge on any atom is 0.341 e. The Morgan fingerprint density at radius 3 is 2.45 bits per heavy atom. The Hall–Kier alpha value is -3.16. The molecule has 1 aliphatic carbocycles. The van der Waals surface area contributed by atoms with Gasteiger partial charge in [0.1, 0.15) is 11.7 Å². The van der Waals surface area contributed by atoms with E-state index in [0.29, 0.717) is 24.4 Å². The minimum atomic E-state index is -1.16. The number of esters is 1. The van der Waals surface area contributed by atoms with E-state index < -0.39 is 24.0 Å². The maximum atomic E-state index is 13.7. The first-order valence-electron chi connectivity index (χ1n) is 10.6. The third-order valence-electron chi connectivity index (χ3n) is 5.62. The van der Waals surface area contributed by atoms with Gasteiger partial charge in [0.25, 0.3) is 0 Å². The van der Waals surface area contributed by atoms with Crippen LogP contribution in [0.4, 0.5) is 5.82 Å². The second kappa shape index (κ2) is 9.32. The molecular weight excluding hydrogens is 398 g/mol. The number of hydrogen-bond donors (Lipinski definition) is 1. The summed E-state index contributed by atoms with van der Waals surface area (Å²) in [5.74, 6) is -1.96. The summed E-state index contributed by atoms with van der Waals surface area (Å²) in [6, 6.07) is 8.80. The molecule has 1 N–H and O–H groups in total. The molecule has 1 saturated carbocycles. The van der Waals surface area contributed by atoms with Crippen molar-refractivity contribution >= 4 is 23.7 Å². The number of para-hydroxylation sites is 1. The fourth-order valence-corrected chi connectivity index (χ4v) is 4.14. The Balaban J connectivity index is 2.01. The van der Waals surface area contributed by atoms with Crippen LogP contribution in [0.15, 0.2) is 36.5 Å². The number of amides is 1. The van der Waals surface area contributed by atoms with Gasteiger partial charge in [-0.15, -0.1) is 5.10 Å². The van der Waals surface area contributed by atoms with Gasteiger partial charge in [0.05, 0.1) is 11.6 Å². The van der Waals surface area contributed by atoms with Crippen molar-refractivity contribution in [2.75, 3.05) is 4.90 Å². The third-order valence-corrected chi connectivity index (χ3v) is 5.62. The van der Waals surface area contributed by atoms with Crippen LogP contribution in [0.1, 0.15) is 57.3 Å². The van der Waals surface area contributed by atoms with E-state index in [-0.39, 0.29) is 23.3 Å². The van der Waals surface area contributed by atoms with Crippen LogP contribution < -0.4 is 4.90 Å². The van der Waals surface area contributed by atoms with Crippen LogP contribution in [0.25, 0.3) is 5.69 Å². The van der Waals surface area contributed by atoms with Gasteiger partial charge in [-0.2, -0.15) is 0 Å². The molecule has 2 aromatic rings. The molecule has 8 nitrogen and oxygen atoms in total. The summed E-state index contributed by atoms with van der Waals surface area (Å²) in [6.45, 7) is 7.04. The number of ether oxygens (including phenoxy) is 1. The van der Waals surface area contributed by atoms with Gasteiger partial charge in [0, 0.05) is 19.2 Å². The molecule has 1 aromatic carbocycles. The standard InChI is InChI=1S/C23H29N3O5/c1-14(2)26(22(28)18-11-10-15(3)12-20(18)31-16(4)27)21-19(23(29)30)13-25(24-21)17-8-6-5-7-9-17/h5-9,13-15,18,20H,10-12H2,1-4H3,(H,29,30)/t15-,18-,20+/m0/s1. The van der Waals surface area contributed by atoms with Crippen LogP contribution in [0.2, 0.25) is 0 Å². The lowest BCUT2D eigenvalue weighted by Gasteiger charge is -2.37. The predicted molar refractivity (Wildman–Crippen MR) is 115 cm³/mol. The van der Waals surface area contributed by atoms with Gasteiger partial charge in [-0.25, -0.2) is 9.48 Å². The highest BCUT2D eigenvalue weighted by Gasteiger charge is 2.40. The number of anilines is 1. The van der Waals surface area contributed by atoms with Crippen molar-refractivity contribution < 1.29 is 24.2 Å². The van der Waals surface area contributed by atoms with E-state index >= 15 is 0 Å². The van der Waals surface area contributed by atoms with E-state index in [4.69, 9.17) is 4.74 Å². The summed E-state index contributed by atoms with van der Waals surface area (Å²) < 4.78 is 6.95. The van der Waals surface area contributed by atoms with Gasteiger partial charge in [-0.3, -0.25) is 14.5 Å².